The molecule has 1 fully saturated rings. The first-order chi connectivity index (χ1) is 18.5. The fourth-order valence-corrected chi connectivity index (χ4v) is 5.06. The van der Waals surface area contributed by atoms with E-state index in [4.69, 9.17) is 9.47 Å². The molecular formula is C27H25N5O5S. The number of morpholine rings is 1. The Morgan fingerprint density at radius 3 is 2.42 bits per heavy atom. The highest BCUT2D eigenvalue weighted by molar-refractivity contribution is 7.98. The minimum atomic E-state index is -0.435. The molecule has 0 aliphatic carbocycles. The van der Waals surface area contributed by atoms with Crippen molar-refractivity contribution in [3.8, 4) is 22.8 Å². The standard InChI is InChI=1S/C27H25N5O5S/c1-36-24-5-3-2-4-23(24)31-25(20-10-12-22(13-11-20)32(34)35)28-29-27(31)38-18-19-6-8-21(9-7-19)26(33)30-14-16-37-17-15-30/h2-13H,14-18H2,1H3. The van der Waals surface area contributed by atoms with Crippen LogP contribution in [0.1, 0.15) is 15.9 Å². The largest absolute Gasteiger partial charge is 0.495 e. The van der Waals surface area contributed by atoms with Crippen molar-refractivity contribution < 1.29 is 19.2 Å². The Morgan fingerprint density at radius 1 is 1.03 bits per heavy atom. The highest BCUT2D eigenvalue weighted by Gasteiger charge is 2.21. The summed E-state index contributed by atoms with van der Waals surface area (Å²) in [5.74, 6) is 1.79. The lowest BCUT2D eigenvalue weighted by Crippen LogP contribution is -2.40. The van der Waals surface area contributed by atoms with E-state index in [2.05, 4.69) is 10.2 Å². The number of nitro groups is 1. The average molecular weight is 532 g/mol. The summed E-state index contributed by atoms with van der Waals surface area (Å²) in [4.78, 5) is 25.2. The summed E-state index contributed by atoms with van der Waals surface area (Å²) in [6.07, 6.45) is 0. The van der Waals surface area contributed by atoms with Crippen molar-refractivity contribution in [2.75, 3.05) is 33.4 Å². The van der Waals surface area contributed by atoms with Crippen LogP contribution in [0.5, 0.6) is 5.75 Å². The van der Waals surface area contributed by atoms with Crippen molar-refractivity contribution >= 4 is 23.4 Å². The van der Waals surface area contributed by atoms with Gasteiger partial charge in [0.15, 0.2) is 11.0 Å². The molecule has 4 aromatic rings. The van der Waals surface area contributed by atoms with E-state index in [9.17, 15) is 14.9 Å². The van der Waals surface area contributed by atoms with Gasteiger partial charge in [0.25, 0.3) is 11.6 Å². The third kappa shape index (κ3) is 5.38. The van der Waals surface area contributed by atoms with Crippen molar-refractivity contribution in [2.24, 2.45) is 0 Å². The van der Waals surface area contributed by atoms with Crippen LogP contribution in [-0.4, -0.2) is 63.9 Å². The monoisotopic (exact) mass is 531 g/mol. The molecule has 1 aliphatic heterocycles. The van der Waals surface area contributed by atoms with Crippen molar-refractivity contribution in [3.05, 3.63) is 94.0 Å². The summed E-state index contributed by atoms with van der Waals surface area (Å²) >= 11 is 1.49. The molecule has 0 spiro atoms. The molecular weight excluding hydrogens is 506 g/mol. The maximum Gasteiger partial charge on any atom is 0.269 e. The second-order valence-electron chi connectivity index (χ2n) is 8.51. The SMILES string of the molecule is COc1ccccc1-n1c(SCc2ccc(C(=O)N3CCOCC3)cc2)nnc1-c1ccc([N+](=O)[O-])cc1. The molecule has 0 bridgehead atoms. The Balaban J connectivity index is 1.41. The molecule has 0 atom stereocenters. The van der Waals surface area contributed by atoms with Gasteiger partial charge in [-0.25, -0.2) is 0 Å². The average Bonchev–Trinajstić information content (AvgIpc) is 3.40. The third-order valence-corrected chi connectivity index (χ3v) is 7.16. The number of para-hydroxylation sites is 2. The molecule has 0 radical (unpaired) electrons. The van der Waals surface area contributed by atoms with Gasteiger partial charge in [0.2, 0.25) is 0 Å². The first-order valence-corrected chi connectivity index (χ1v) is 13.0. The highest BCUT2D eigenvalue weighted by Crippen LogP contribution is 2.34. The molecule has 1 saturated heterocycles. The van der Waals surface area contributed by atoms with Gasteiger partial charge in [-0.2, -0.15) is 0 Å². The van der Waals surface area contributed by atoms with Crippen LogP contribution in [0.25, 0.3) is 17.1 Å². The van der Waals surface area contributed by atoms with Crippen LogP contribution in [0.4, 0.5) is 5.69 Å². The predicted molar refractivity (Wildman–Crippen MR) is 143 cm³/mol. The summed E-state index contributed by atoms with van der Waals surface area (Å²) < 4.78 is 12.8. The Bertz CT molecular complexity index is 1430. The normalized spacial score (nSPS) is 13.3. The maximum atomic E-state index is 12.7. The molecule has 3 aromatic carbocycles. The van der Waals surface area contributed by atoms with Crippen LogP contribution in [0.3, 0.4) is 0 Å². The fraction of sp³-hybridized carbons (Fsp3) is 0.222. The third-order valence-electron chi connectivity index (χ3n) is 6.16. The molecule has 10 nitrogen and oxygen atoms in total. The smallest absolute Gasteiger partial charge is 0.269 e. The van der Waals surface area contributed by atoms with Crippen LogP contribution in [-0.2, 0) is 10.5 Å². The number of nitrogens with zero attached hydrogens (tertiary/aromatic N) is 5. The van der Waals surface area contributed by atoms with Gasteiger partial charge < -0.3 is 14.4 Å². The summed E-state index contributed by atoms with van der Waals surface area (Å²) in [7, 11) is 1.60. The Morgan fingerprint density at radius 2 is 1.74 bits per heavy atom. The van der Waals surface area contributed by atoms with E-state index >= 15 is 0 Å². The zero-order valence-electron chi connectivity index (χ0n) is 20.6. The van der Waals surface area contributed by atoms with Gasteiger partial charge in [0.1, 0.15) is 5.75 Å². The van der Waals surface area contributed by atoms with Gasteiger partial charge in [-0.15, -0.1) is 10.2 Å². The summed E-state index contributed by atoms with van der Waals surface area (Å²) in [5, 5.41) is 20.6. The molecule has 38 heavy (non-hydrogen) atoms. The number of thioether (sulfide) groups is 1. The summed E-state index contributed by atoms with van der Waals surface area (Å²) in [6, 6.07) is 21.3. The van der Waals surface area contributed by atoms with Crippen LogP contribution in [0.15, 0.2) is 78.0 Å². The predicted octanol–water partition coefficient (Wildman–Crippen LogP) is 4.62. The molecule has 5 rings (SSSR count). The maximum absolute atomic E-state index is 12.7. The number of nitro benzene ring substituents is 1. The molecule has 1 aliphatic rings. The van der Waals surface area contributed by atoms with Gasteiger partial charge in [-0.3, -0.25) is 19.5 Å². The molecule has 1 amide bonds. The number of hydrogen-bond acceptors (Lipinski definition) is 8. The lowest BCUT2D eigenvalue weighted by Gasteiger charge is -2.26. The van der Waals surface area contributed by atoms with Crippen molar-refractivity contribution in [2.45, 2.75) is 10.9 Å². The van der Waals surface area contributed by atoms with Crippen LogP contribution in [0, 0.1) is 10.1 Å². The number of methoxy groups -OCH3 is 1. The number of ether oxygens (including phenoxy) is 2. The number of carbonyl (C=O) groups excluding carboxylic acids is 1. The summed E-state index contributed by atoms with van der Waals surface area (Å²) in [5.41, 5.74) is 3.12. The van der Waals surface area contributed by atoms with Gasteiger partial charge in [0, 0.05) is 42.1 Å². The second-order valence-corrected chi connectivity index (χ2v) is 9.45. The topological polar surface area (TPSA) is 113 Å². The summed E-state index contributed by atoms with van der Waals surface area (Å²) in [6.45, 7) is 2.34. The van der Waals surface area contributed by atoms with E-state index < -0.39 is 4.92 Å². The van der Waals surface area contributed by atoms with Gasteiger partial charge in [0.05, 0.1) is 30.9 Å². The van der Waals surface area contributed by atoms with E-state index in [1.54, 1.807) is 19.2 Å². The van der Waals surface area contributed by atoms with Gasteiger partial charge in [-0.1, -0.05) is 36.0 Å². The quantitative estimate of drug-likeness (QED) is 0.184. The van der Waals surface area contributed by atoms with E-state index in [0.29, 0.717) is 59.9 Å². The first-order valence-electron chi connectivity index (χ1n) is 12.0. The van der Waals surface area contributed by atoms with Gasteiger partial charge >= 0.3 is 0 Å². The molecule has 1 aromatic heterocycles. The molecule has 0 N–H and O–H groups in total. The number of benzene rings is 3. The zero-order valence-corrected chi connectivity index (χ0v) is 21.5. The zero-order chi connectivity index (χ0) is 26.5. The number of hydrogen-bond donors (Lipinski definition) is 0. The van der Waals surface area contributed by atoms with Crippen LogP contribution < -0.4 is 4.74 Å². The Labute approximate surface area is 223 Å². The molecule has 2 heterocycles. The Hall–Kier alpha value is -4.22. The second kappa shape index (κ2) is 11.4. The lowest BCUT2D eigenvalue weighted by atomic mass is 10.1. The highest BCUT2D eigenvalue weighted by atomic mass is 32.2. The van der Waals surface area contributed by atoms with Crippen molar-refractivity contribution in [1.82, 2.24) is 19.7 Å². The minimum Gasteiger partial charge on any atom is -0.495 e. The first kappa shape index (κ1) is 25.4. The molecule has 0 unspecified atom stereocenters. The fourth-order valence-electron chi connectivity index (χ4n) is 4.15. The number of amides is 1. The van der Waals surface area contributed by atoms with E-state index in [1.165, 1.54) is 23.9 Å². The van der Waals surface area contributed by atoms with E-state index in [-0.39, 0.29) is 11.6 Å². The van der Waals surface area contributed by atoms with Crippen LogP contribution in [0.2, 0.25) is 0 Å². The molecule has 11 heteroatoms. The molecule has 194 valence electrons. The van der Waals surface area contributed by atoms with E-state index in [0.717, 1.165) is 11.3 Å². The van der Waals surface area contributed by atoms with Gasteiger partial charge in [-0.05, 0) is 42.0 Å². The van der Waals surface area contributed by atoms with E-state index in [1.807, 2.05) is 58.0 Å². The number of carbonyl (C=O) groups is 1. The van der Waals surface area contributed by atoms with Crippen molar-refractivity contribution in [1.29, 1.82) is 0 Å². The van der Waals surface area contributed by atoms with Crippen molar-refractivity contribution in [3.63, 3.8) is 0 Å². The number of non-ortho nitro benzene ring substituents is 1. The van der Waals surface area contributed by atoms with Crippen LogP contribution >= 0.6 is 11.8 Å². The number of rotatable bonds is 8. The minimum absolute atomic E-state index is 0.00209. The Kier molecular flexibility index (Phi) is 7.66. The number of aromatic nitrogens is 3. The lowest BCUT2D eigenvalue weighted by molar-refractivity contribution is -0.384. The molecule has 0 saturated carbocycles.